The average Bonchev–Trinajstić information content (AvgIpc) is 2.38. The van der Waals surface area contributed by atoms with Gasteiger partial charge in [0, 0.05) is 0 Å². The summed E-state index contributed by atoms with van der Waals surface area (Å²) in [5.41, 5.74) is 0.368. The van der Waals surface area contributed by atoms with Crippen molar-refractivity contribution in [3.63, 3.8) is 0 Å². The van der Waals surface area contributed by atoms with Crippen LogP contribution in [0.5, 0.6) is 5.75 Å². The van der Waals surface area contributed by atoms with Crippen LogP contribution in [0.2, 0.25) is 0 Å². The van der Waals surface area contributed by atoms with Gasteiger partial charge in [0.2, 0.25) is 16.1 Å². The Morgan fingerprint density at radius 3 is 2.47 bits per heavy atom. The second-order valence-corrected chi connectivity index (χ2v) is 5.61. The first-order chi connectivity index (χ1) is 8.89. The van der Waals surface area contributed by atoms with E-state index in [1.807, 2.05) is 13.8 Å². The summed E-state index contributed by atoms with van der Waals surface area (Å²) in [6, 6.07) is 6.45. The summed E-state index contributed by atoms with van der Waals surface area (Å²) >= 11 is 0. The van der Waals surface area contributed by atoms with Crippen molar-refractivity contribution in [3.05, 3.63) is 24.3 Å². The van der Waals surface area contributed by atoms with Crippen LogP contribution in [0.4, 0.5) is 5.69 Å². The van der Waals surface area contributed by atoms with Gasteiger partial charge in [0.1, 0.15) is 5.75 Å². The summed E-state index contributed by atoms with van der Waals surface area (Å²) in [4.78, 5) is 10.9. The number of benzene rings is 1. The number of sulfonamides is 1. The average molecular weight is 287 g/mol. The van der Waals surface area contributed by atoms with E-state index in [0.29, 0.717) is 5.69 Å². The number of ether oxygens (including phenoxy) is 1. The van der Waals surface area contributed by atoms with Crippen LogP contribution in [0.15, 0.2) is 24.3 Å². The molecular weight excluding hydrogens is 270 g/mol. The summed E-state index contributed by atoms with van der Waals surface area (Å²) in [5.74, 6) is -0.926. The zero-order valence-corrected chi connectivity index (χ0v) is 11.8. The van der Waals surface area contributed by atoms with Gasteiger partial charge in [-0.2, -0.15) is 0 Å². The first kappa shape index (κ1) is 15.3. The lowest BCUT2D eigenvalue weighted by Crippen LogP contribution is -2.46. The van der Waals surface area contributed by atoms with Crippen LogP contribution < -0.4 is 9.04 Å². The van der Waals surface area contributed by atoms with Gasteiger partial charge in [-0.1, -0.05) is 26.0 Å². The molecule has 1 aliphatic heterocycles. The molecule has 0 unspecified atom stereocenters. The van der Waals surface area contributed by atoms with Gasteiger partial charge in [0.25, 0.3) is 0 Å². The maximum Gasteiger partial charge on any atom is 0.346 e. The van der Waals surface area contributed by atoms with E-state index < -0.39 is 22.1 Å². The quantitative estimate of drug-likeness (QED) is 0.887. The molecule has 0 saturated carbocycles. The van der Waals surface area contributed by atoms with Crippen molar-refractivity contribution in [1.29, 1.82) is 0 Å². The van der Waals surface area contributed by atoms with E-state index in [1.165, 1.54) is 0 Å². The van der Waals surface area contributed by atoms with E-state index in [-0.39, 0.29) is 12.3 Å². The van der Waals surface area contributed by atoms with E-state index in [9.17, 15) is 13.2 Å². The lowest BCUT2D eigenvalue weighted by Gasteiger charge is -2.32. The predicted molar refractivity (Wildman–Crippen MR) is 72.0 cm³/mol. The minimum atomic E-state index is -3.52. The molecule has 1 atom stereocenters. The van der Waals surface area contributed by atoms with Crippen LogP contribution in [-0.4, -0.2) is 38.4 Å². The highest BCUT2D eigenvalue weighted by Gasteiger charge is 2.34. The van der Waals surface area contributed by atoms with Crippen molar-refractivity contribution in [2.24, 2.45) is 0 Å². The topological polar surface area (TPSA) is 83.9 Å². The van der Waals surface area contributed by atoms with Crippen molar-refractivity contribution < 1.29 is 23.1 Å². The maximum atomic E-state index is 11.6. The molecule has 0 spiro atoms. The van der Waals surface area contributed by atoms with Crippen LogP contribution in [0.25, 0.3) is 0 Å². The summed E-state index contributed by atoms with van der Waals surface area (Å²) in [7, 11) is -3.52. The number of carbonyl (C=O) groups is 1. The third-order valence-corrected chi connectivity index (χ3v) is 3.56. The van der Waals surface area contributed by atoms with E-state index in [0.717, 1.165) is 10.6 Å². The Bertz CT molecular complexity index is 555. The van der Waals surface area contributed by atoms with E-state index in [1.54, 1.807) is 24.3 Å². The number of carboxylic acid groups (broad SMARTS) is 1. The molecule has 6 nitrogen and oxygen atoms in total. The highest BCUT2D eigenvalue weighted by molar-refractivity contribution is 7.92. The fourth-order valence-corrected chi connectivity index (χ4v) is 2.56. The van der Waals surface area contributed by atoms with Crippen LogP contribution in [-0.2, 0) is 14.8 Å². The molecule has 1 aromatic rings. The van der Waals surface area contributed by atoms with Crippen molar-refractivity contribution in [1.82, 2.24) is 0 Å². The molecule has 7 heteroatoms. The largest absolute Gasteiger partial charge is 0.478 e. The molecule has 0 aromatic heterocycles. The number of carboxylic acids is 1. The first-order valence-corrected chi connectivity index (χ1v) is 7.70. The van der Waals surface area contributed by atoms with Crippen molar-refractivity contribution >= 4 is 21.7 Å². The Labute approximate surface area is 112 Å². The number of rotatable bonds is 2. The molecule has 0 saturated heterocycles. The van der Waals surface area contributed by atoms with Gasteiger partial charge in [0.05, 0.1) is 18.5 Å². The fraction of sp³-hybridized carbons (Fsp3) is 0.417. The lowest BCUT2D eigenvalue weighted by atomic mass is 10.2. The molecule has 0 bridgehead atoms. The lowest BCUT2D eigenvalue weighted by molar-refractivity contribution is -0.144. The van der Waals surface area contributed by atoms with Gasteiger partial charge in [-0.05, 0) is 12.1 Å². The molecule has 2 rings (SSSR count). The SMILES string of the molecule is CC.CS(=O)(=O)N1C[C@H](C(=O)O)Oc2ccccc21. The van der Waals surface area contributed by atoms with Crippen molar-refractivity contribution in [3.8, 4) is 5.75 Å². The molecule has 1 aliphatic rings. The van der Waals surface area contributed by atoms with E-state index in [4.69, 9.17) is 9.84 Å². The second-order valence-electron chi connectivity index (χ2n) is 3.71. The van der Waals surface area contributed by atoms with Crippen LogP contribution in [0.1, 0.15) is 13.8 Å². The molecule has 106 valence electrons. The Balaban J connectivity index is 0.000000861. The first-order valence-electron chi connectivity index (χ1n) is 5.86. The van der Waals surface area contributed by atoms with Crippen LogP contribution in [0, 0.1) is 0 Å². The number of hydrogen-bond donors (Lipinski definition) is 1. The van der Waals surface area contributed by atoms with Gasteiger partial charge >= 0.3 is 5.97 Å². The predicted octanol–water partition coefficient (Wildman–Crippen LogP) is 1.32. The zero-order valence-electron chi connectivity index (χ0n) is 11.0. The Morgan fingerprint density at radius 1 is 1.37 bits per heavy atom. The third kappa shape index (κ3) is 3.37. The molecule has 19 heavy (non-hydrogen) atoms. The minimum absolute atomic E-state index is 0.217. The fourth-order valence-electron chi connectivity index (χ4n) is 1.64. The number of nitrogens with zero attached hydrogens (tertiary/aromatic N) is 1. The monoisotopic (exact) mass is 287 g/mol. The zero-order chi connectivity index (χ0) is 14.6. The molecule has 1 aromatic carbocycles. The highest BCUT2D eigenvalue weighted by atomic mass is 32.2. The van der Waals surface area contributed by atoms with E-state index >= 15 is 0 Å². The number of fused-ring (bicyclic) bond motifs is 1. The highest BCUT2D eigenvalue weighted by Crippen LogP contribution is 2.34. The van der Waals surface area contributed by atoms with Crippen LogP contribution >= 0.6 is 0 Å². The van der Waals surface area contributed by atoms with E-state index in [2.05, 4.69) is 0 Å². The smallest absolute Gasteiger partial charge is 0.346 e. The Morgan fingerprint density at radius 2 is 1.95 bits per heavy atom. The van der Waals surface area contributed by atoms with Gasteiger partial charge in [-0.25, -0.2) is 13.2 Å². The number of anilines is 1. The molecule has 1 heterocycles. The molecular formula is C12H17NO5S. The second kappa shape index (κ2) is 5.92. The molecule has 0 aliphatic carbocycles. The van der Waals surface area contributed by atoms with Gasteiger partial charge in [-0.15, -0.1) is 0 Å². The molecule has 0 amide bonds. The minimum Gasteiger partial charge on any atom is -0.478 e. The van der Waals surface area contributed by atoms with Crippen LogP contribution in [0.3, 0.4) is 0 Å². The van der Waals surface area contributed by atoms with Gasteiger partial charge in [0.15, 0.2) is 0 Å². The van der Waals surface area contributed by atoms with Crippen molar-refractivity contribution in [2.45, 2.75) is 20.0 Å². The summed E-state index contributed by atoms with van der Waals surface area (Å²) < 4.78 is 29.4. The van der Waals surface area contributed by atoms with Gasteiger partial charge < -0.3 is 9.84 Å². The summed E-state index contributed by atoms with van der Waals surface area (Å²) in [6.45, 7) is 3.78. The molecule has 1 N–H and O–H groups in total. The number of hydrogen-bond acceptors (Lipinski definition) is 4. The summed E-state index contributed by atoms with van der Waals surface area (Å²) in [5, 5.41) is 8.90. The number of aliphatic carboxylic acids is 1. The Kier molecular flexibility index (Phi) is 4.77. The summed E-state index contributed by atoms with van der Waals surface area (Å²) in [6.07, 6.45) is -0.145. The number of para-hydroxylation sites is 2. The molecule has 0 radical (unpaired) electrons. The molecule has 0 fully saturated rings. The van der Waals surface area contributed by atoms with Crippen molar-refractivity contribution in [2.75, 3.05) is 17.1 Å². The standard InChI is InChI=1S/C10H11NO5S.C2H6/c1-17(14,15)11-6-9(10(12)13)16-8-5-3-2-4-7(8)11;1-2/h2-5,9H,6H2,1H3,(H,12,13);1-2H3/t9-;/m1./s1. The van der Waals surface area contributed by atoms with Gasteiger partial charge in [-0.3, -0.25) is 4.31 Å². The normalized spacial score (nSPS) is 17.6. The Hall–Kier alpha value is -1.76. The maximum absolute atomic E-state index is 11.6. The third-order valence-electron chi connectivity index (χ3n) is 2.41.